The van der Waals surface area contributed by atoms with Crippen molar-refractivity contribution >= 4 is 12.1 Å². The number of aromatic nitrogens is 1. The van der Waals surface area contributed by atoms with Crippen molar-refractivity contribution in [3.8, 4) is 0 Å². The SMILES string of the molecule is CC(C)(C)/C=N/NC(=O)c1cccnc1. The summed E-state index contributed by atoms with van der Waals surface area (Å²) >= 11 is 0. The van der Waals surface area contributed by atoms with E-state index >= 15 is 0 Å². The minimum Gasteiger partial charge on any atom is -0.267 e. The Kier molecular flexibility index (Phi) is 3.55. The molecule has 1 rings (SSSR count). The first kappa shape index (κ1) is 11.4. The van der Waals surface area contributed by atoms with Crippen LogP contribution in [0.5, 0.6) is 0 Å². The fraction of sp³-hybridized carbons (Fsp3) is 0.364. The topological polar surface area (TPSA) is 54.4 Å². The van der Waals surface area contributed by atoms with Crippen LogP contribution in [0.1, 0.15) is 31.1 Å². The van der Waals surface area contributed by atoms with Gasteiger partial charge in [0.15, 0.2) is 0 Å². The molecule has 80 valence electrons. The molecule has 0 aliphatic rings. The van der Waals surface area contributed by atoms with Gasteiger partial charge in [-0.15, -0.1) is 0 Å². The van der Waals surface area contributed by atoms with Gasteiger partial charge >= 0.3 is 0 Å². The molecule has 1 amide bonds. The van der Waals surface area contributed by atoms with Gasteiger partial charge in [-0.05, 0) is 17.5 Å². The Morgan fingerprint density at radius 2 is 2.27 bits per heavy atom. The molecule has 0 saturated heterocycles. The number of carbonyl (C=O) groups excluding carboxylic acids is 1. The van der Waals surface area contributed by atoms with E-state index in [0.717, 1.165) is 0 Å². The number of carbonyl (C=O) groups is 1. The minimum atomic E-state index is -0.247. The first-order valence-electron chi connectivity index (χ1n) is 4.74. The van der Waals surface area contributed by atoms with E-state index in [9.17, 15) is 4.79 Å². The van der Waals surface area contributed by atoms with E-state index in [1.165, 1.54) is 6.20 Å². The standard InChI is InChI=1S/C11H15N3O/c1-11(2,3)8-13-14-10(15)9-5-4-6-12-7-9/h4-8H,1-3H3,(H,14,15)/b13-8+. The molecular formula is C11H15N3O. The lowest BCUT2D eigenvalue weighted by molar-refractivity contribution is 0.0954. The number of rotatable bonds is 2. The summed E-state index contributed by atoms with van der Waals surface area (Å²) in [6.07, 6.45) is 4.82. The highest BCUT2D eigenvalue weighted by molar-refractivity contribution is 5.94. The maximum atomic E-state index is 11.5. The summed E-state index contributed by atoms with van der Waals surface area (Å²) < 4.78 is 0. The summed E-state index contributed by atoms with van der Waals surface area (Å²) in [7, 11) is 0. The fourth-order valence-electron chi connectivity index (χ4n) is 0.846. The summed E-state index contributed by atoms with van der Waals surface area (Å²) in [5.74, 6) is -0.247. The highest BCUT2D eigenvalue weighted by Crippen LogP contribution is 2.07. The van der Waals surface area contributed by atoms with Gasteiger partial charge in [-0.3, -0.25) is 9.78 Å². The molecule has 0 aliphatic heterocycles. The summed E-state index contributed by atoms with van der Waals surface area (Å²) in [4.78, 5) is 15.3. The van der Waals surface area contributed by atoms with Gasteiger partial charge < -0.3 is 0 Å². The van der Waals surface area contributed by atoms with Crippen LogP contribution in [0.15, 0.2) is 29.6 Å². The lowest BCUT2D eigenvalue weighted by atomic mass is 9.99. The third-order valence-corrected chi connectivity index (χ3v) is 1.54. The third-order valence-electron chi connectivity index (χ3n) is 1.54. The summed E-state index contributed by atoms with van der Waals surface area (Å²) in [6, 6.07) is 3.40. The molecule has 0 spiro atoms. The Labute approximate surface area is 89.4 Å². The van der Waals surface area contributed by atoms with E-state index in [1.807, 2.05) is 20.8 Å². The van der Waals surface area contributed by atoms with Crippen LogP contribution in [-0.2, 0) is 0 Å². The maximum absolute atomic E-state index is 11.5. The summed E-state index contributed by atoms with van der Waals surface area (Å²) in [5, 5.41) is 3.87. The predicted molar refractivity (Wildman–Crippen MR) is 59.7 cm³/mol. The average molecular weight is 205 g/mol. The Morgan fingerprint density at radius 3 is 2.80 bits per heavy atom. The largest absolute Gasteiger partial charge is 0.272 e. The number of hydrogen-bond acceptors (Lipinski definition) is 3. The van der Waals surface area contributed by atoms with E-state index in [0.29, 0.717) is 5.56 Å². The number of nitrogens with zero attached hydrogens (tertiary/aromatic N) is 2. The molecule has 0 saturated carbocycles. The molecule has 0 fully saturated rings. The molecule has 1 aromatic rings. The van der Waals surface area contributed by atoms with Gasteiger partial charge in [0.05, 0.1) is 5.56 Å². The van der Waals surface area contributed by atoms with Crippen LogP contribution in [-0.4, -0.2) is 17.1 Å². The molecule has 0 atom stereocenters. The molecule has 0 aromatic carbocycles. The number of nitrogens with one attached hydrogen (secondary N) is 1. The number of hydrazone groups is 1. The second kappa shape index (κ2) is 4.68. The van der Waals surface area contributed by atoms with Crippen LogP contribution in [0, 0.1) is 5.41 Å². The van der Waals surface area contributed by atoms with Crippen LogP contribution in [0.3, 0.4) is 0 Å². The van der Waals surface area contributed by atoms with Gasteiger partial charge in [0.1, 0.15) is 0 Å². The Bertz CT molecular complexity index is 352. The lowest BCUT2D eigenvalue weighted by Crippen LogP contribution is -2.19. The van der Waals surface area contributed by atoms with Crippen molar-refractivity contribution in [1.82, 2.24) is 10.4 Å². The zero-order chi connectivity index (χ0) is 11.3. The molecular weight excluding hydrogens is 190 g/mol. The van der Waals surface area contributed by atoms with Crippen molar-refractivity contribution in [3.05, 3.63) is 30.1 Å². The normalized spacial score (nSPS) is 11.7. The molecule has 1 heterocycles. The van der Waals surface area contributed by atoms with Gasteiger partial charge in [-0.2, -0.15) is 5.10 Å². The van der Waals surface area contributed by atoms with Crippen molar-refractivity contribution in [3.63, 3.8) is 0 Å². The molecule has 1 aromatic heterocycles. The van der Waals surface area contributed by atoms with Gasteiger partial charge in [-0.25, -0.2) is 5.43 Å². The van der Waals surface area contributed by atoms with Crippen molar-refractivity contribution in [1.29, 1.82) is 0 Å². The number of pyridine rings is 1. The van der Waals surface area contributed by atoms with Crippen molar-refractivity contribution in [2.24, 2.45) is 10.5 Å². The Morgan fingerprint density at radius 1 is 1.53 bits per heavy atom. The van der Waals surface area contributed by atoms with Crippen LogP contribution < -0.4 is 5.43 Å². The molecule has 0 aliphatic carbocycles. The highest BCUT2D eigenvalue weighted by Gasteiger charge is 2.06. The molecule has 4 nitrogen and oxygen atoms in total. The first-order chi connectivity index (χ1) is 6.99. The first-order valence-corrected chi connectivity index (χ1v) is 4.74. The Balaban J connectivity index is 2.55. The maximum Gasteiger partial charge on any atom is 0.272 e. The second-order valence-electron chi connectivity index (χ2n) is 4.31. The highest BCUT2D eigenvalue weighted by atomic mass is 16.2. The zero-order valence-corrected chi connectivity index (χ0v) is 9.19. The van der Waals surface area contributed by atoms with Crippen molar-refractivity contribution in [2.75, 3.05) is 0 Å². The lowest BCUT2D eigenvalue weighted by Gasteiger charge is -2.09. The average Bonchev–Trinajstić information content (AvgIpc) is 2.17. The van der Waals surface area contributed by atoms with Crippen molar-refractivity contribution in [2.45, 2.75) is 20.8 Å². The summed E-state index contributed by atoms with van der Waals surface area (Å²) in [5.41, 5.74) is 2.91. The van der Waals surface area contributed by atoms with Crippen LogP contribution in [0.2, 0.25) is 0 Å². The van der Waals surface area contributed by atoms with Gasteiger partial charge in [-0.1, -0.05) is 20.8 Å². The van der Waals surface area contributed by atoms with Crippen LogP contribution in [0.25, 0.3) is 0 Å². The van der Waals surface area contributed by atoms with E-state index in [2.05, 4.69) is 15.5 Å². The van der Waals surface area contributed by atoms with E-state index < -0.39 is 0 Å². The smallest absolute Gasteiger partial charge is 0.267 e. The molecule has 1 N–H and O–H groups in total. The van der Waals surface area contributed by atoms with Crippen LogP contribution >= 0.6 is 0 Å². The minimum absolute atomic E-state index is 0.0395. The van der Waals surface area contributed by atoms with Crippen molar-refractivity contribution < 1.29 is 4.79 Å². The van der Waals surface area contributed by atoms with Gasteiger partial charge in [0.2, 0.25) is 0 Å². The summed E-state index contributed by atoms with van der Waals surface area (Å²) in [6.45, 7) is 6.02. The van der Waals surface area contributed by atoms with E-state index in [1.54, 1.807) is 24.5 Å². The predicted octanol–water partition coefficient (Wildman–Crippen LogP) is 1.84. The number of hydrogen-bond donors (Lipinski definition) is 1. The number of amides is 1. The van der Waals surface area contributed by atoms with E-state index in [4.69, 9.17) is 0 Å². The molecule has 0 bridgehead atoms. The fourth-order valence-corrected chi connectivity index (χ4v) is 0.846. The molecule has 0 unspecified atom stereocenters. The zero-order valence-electron chi connectivity index (χ0n) is 9.19. The second-order valence-corrected chi connectivity index (χ2v) is 4.31. The molecule has 15 heavy (non-hydrogen) atoms. The quantitative estimate of drug-likeness (QED) is 0.591. The molecule has 4 heteroatoms. The van der Waals surface area contributed by atoms with Crippen LogP contribution in [0.4, 0.5) is 0 Å². The van der Waals surface area contributed by atoms with Gasteiger partial charge in [0.25, 0.3) is 5.91 Å². The monoisotopic (exact) mass is 205 g/mol. The van der Waals surface area contributed by atoms with Gasteiger partial charge in [0, 0.05) is 18.6 Å². The van der Waals surface area contributed by atoms with E-state index in [-0.39, 0.29) is 11.3 Å². The molecule has 0 radical (unpaired) electrons. The third kappa shape index (κ3) is 4.35. The Hall–Kier alpha value is -1.71.